The van der Waals surface area contributed by atoms with Crippen LogP contribution in [0.3, 0.4) is 0 Å². The molecule has 0 aliphatic heterocycles. The molecule has 22 heavy (non-hydrogen) atoms. The lowest BCUT2D eigenvalue weighted by Crippen LogP contribution is -2.54. The second kappa shape index (κ2) is 7.29. The molecule has 0 aromatic carbocycles. The highest BCUT2D eigenvalue weighted by Crippen LogP contribution is 1.92. The maximum absolute atomic E-state index is 11.9. The molecule has 4 N–H and O–H groups in total. The number of hydrazine groups is 1. The normalized spacial score (nSPS) is 13.6. The Morgan fingerprint density at radius 3 is 2.18 bits per heavy atom. The first-order chi connectivity index (χ1) is 10.2. The molecule has 0 aliphatic rings. The number of hydrogen-bond donors (Lipinski definition) is 3. The van der Waals surface area contributed by atoms with Crippen molar-refractivity contribution in [3.05, 3.63) is 31.5 Å². The van der Waals surface area contributed by atoms with E-state index in [0.717, 1.165) is 0 Å². The molecule has 0 saturated heterocycles. The van der Waals surface area contributed by atoms with E-state index in [4.69, 9.17) is 5.84 Å². The molecule has 1 aromatic rings. The van der Waals surface area contributed by atoms with E-state index in [2.05, 4.69) is 0 Å². The van der Waals surface area contributed by atoms with Gasteiger partial charge in [-0.3, -0.25) is 14.4 Å². The van der Waals surface area contributed by atoms with Crippen LogP contribution in [0.4, 0.5) is 0 Å². The van der Waals surface area contributed by atoms with E-state index in [9.17, 15) is 28.5 Å². The molecule has 0 spiro atoms. The van der Waals surface area contributed by atoms with Gasteiger partial charge in [0, 0.05) is 24.9 Å². The zero-order valence-electron chi connectivity index (χ0n) is 12.0. The molecule has 0 saturated carbocycles. The lowest BCUT2D eigenvalue weighted by molar-refractivity contribution is -0.118. The minimum Gasteiger partial charge on any atom is -0.390 e. The minimum atomic E-state index is -1.72. The third kappa shape index (κ3) is 3.99. The molecule has 2 unspecified atom stereocenters. The fourth-order valence-corrected chi connectivity index (χ4v) is 2.74. The maximum atomic E-state index is 11.9. The Kier molecular flexibility index (Phi) is 5.96. The largest absolute Gasteiger partial charge is 0.390 e. The Morgan fingerprint density at radius 2 is 1.73 bits per heavy atom. The van der Waals surface area contributed by atoms with Gasteiger partial charge in [0.15, 0.2) is 0 Å². The molecule has 1 heterocycles. The van der Waals surface area contributed by atoms with Crippen LogP contribution in [0, 0.1) is 0 Å². The Bertz CT molecular complexity index is 722. The number of nitrogens with one attached hydrogen (secondary N) is 1. The molecule has 12 heteroatoms. The first-order valence-electron chi connectivity index (χ1n) is 6.08. The van der Waals surface area contributed by atoms with E-state index in [0.29, 0.717) is 13.7 Å². The van der Waals surface area contributed by atoms with Crippen molar-refractivity contribution in [2.75, 3.05) is 11.5 Å². The Morgan fingerprint density at radius 1 is 1.23 bits per heavy atom. The van der Waals surface area contributed by atoms with E-state index < -0.39 is 52.2 Å². The van der Waals surface area contributed by atoms with Crippen LogP contribution in [0.1, 0.15) is 0 Å². The van der Waals surface area contributed by atoms with Gasteiger partial charge in [-0.05, 0) is 0 Å². The maximum Gasteiger partial charge on any atom is 0.336 e. The van der Waals surface area contributed by atoms with Crippen LogP contribution in [-0.4, -0.2) is 46.5 Å². The quantitative estimate of drug-likeness (QED) is 0.268. The number of amides is 1. The fourth-order valence-electron chi connectivity index (χ4n) is 1.71. The third-order valence-corrected chi connectivity index (χ3v) is 4.17. The van der Waals surface area contributed by atoms with Crippen LogP contribution < -0.4 is 28.3 Å². The van der Waals surface area contributed by atoms with Gasteiger partial charge in [-0.15, -0.1) is 0 Å². The van der Waals surface area contributed by atoms with Crippen LogP contribution in [0.5, 0.6) is 0 Å². The number of rotatable bonds is 6. The predicted octanol–water partition coefficient (Wildman–Crippen LogP) is -4.65. The topological polar surface area (TPSA) is 158 Å². The van der Waals surface area contributed by atoms with Crippen LogP contribution in [-0.2, 0) is 36.2 Å². The van der Waals surface area contributed by atoms with Crippen LogP contribution in [0.15, 0.2) is 14.4 Å². The Balaban J connectivity index is 2.95. The molecule has 0 fully saturated rings. The first-order valence-corrected chi connectivity index (χ1v) is 7.57. The summed E-state index contributed by atoms with van der Waals surface area (Å²) in [6.07, 6.45) is -1.31. The summed E-state index contributed by atoms with van der Waals surface area (Å²) < 4.78 is 13.7. The molecule has 124 valence electrons. The van der Waals surface area contributed by atoms with Crippen molar-refractivity contribution in [3.63, 3.8) is 0 Å². The van der Waals surface area contributed by atoms with Crippen molar-refractivity contribution in [2.24, 2.45) is 19.9 Å². The minimum absolute atomic E-state index is 0.328. The number of carbonyl (C=O) groups is 1. The second-order valence-electron chi connectivity index (χ2n) is 4.55. The van der Waals surface area contributed by atoms with Gasteiger partial charge in [-0.2, -0.15) is 0 Å². The summed E-state index contributed by atoms with van der Waals surface area (Å²) in [5.41, 5.74) is -0.772. The van der Waals surface area contributed by atoms with Crippen molar-refractivity contribution < 1.29 is 14.1 Å². The summed E-state index contributed by atoms with van der Waals surface area (Å²) in [5, 5.41) is 9.81. The van der Waals surface area contributed by atoms with Gasteiger partial charge in [0.2, 0.25) is 5.91 Å². The molecule has 11 nitrogen and oxygen atoms in total. The van der Waals surface area contributed by atoms with E-state index in [1.165, 1.54) is 14.1 Å². The SMILES string of the molecule is Cn1c(=O)n(C)c(=O)n(CC(O)CS(=O)CC(=O)NN)c1=O. The van der Waals surface area contributed by atoms with Crippen molar-refractivity contribution in [1.29, 1.82) is 0 Å². The molecule has 1 rings (SSSR count). The smallest absolute Gasteiger partial charge is 0.336 e. The highest BCUT2D eigenvalue weighted by Gasteiger charge is 2.17. The summed E-state index contributed by atoms with van der Waals surface area (Å²) in [6, 6.07) is 0. The van der Waals surface area contributed by atoms with E-state index in [-0.39, 0.29) is 5.75 Å². The second-order valence-corrected chi connectivity index (χ2v) is 6.05. The summed E-state index contributed by atoms with van der Waals surface area (Å²) >= 11 is 0. The lowest BCUT2D eigenvalue weighted by atomic mass is 10.4. The summed E-state index contributed by atoms with van der Waals surface area (Å²) in [5.74, 6) is 3.44. The summed E-state index contributed by atoms with van der Waals surface area (Å²) in [7, 11) is 0.666. The third-order valence-electron chi connectivity index (χ3n) is 2.83. The Labute approximate surface area is 126 Å². The molecular weight excluding hydrogens is 318 g/mol. The average Bonchev–Trinajstić information content (AvgIpc) is 2.47. The van der Waals surface area contributed by atoms with E-state index in [1.54, 1.807) is 5.43 Å². The number of aromatic nitrogens is 3. The molecule has 1 amide bonds. The molecule has 1 aromatic heterocycles. The van der Waals surface area contributed by atoms with Gasteiger partial charge < -0.3 is 5.11 Å². The summed E-state index contributed by atoms with van der Waals surface area (Å²) in [4.78, 5) is 46.2. The van der Waals surface area contributed by atoms with Crippen molar-refractivity contribution in [1.82, 2.24) is 19.1 Å². The number of nitrogens with zero attached hydrogens (tertiary/aromatic N) is 3. The van der Waals surface area contributed by atoms with Crippen LogP contribution in [0.2, 0.25) is 0 Å². The van der Waals surface area contributed by atoms with Crippen LogP contribution in [0.25, 0.3) is 0 Å². The van der Waals surface area contributed by atoms with Crippen molar-refractivity contribution >= 4 is 16.7 Å². The van der Waals surface area contributed by atoms with E-state index >= 15 is 0 Å². The zero-order valence-corrected chi connectivity index (χ0v) is 12.8. The predicted molar refractivity (Wildman–Crippen MR) is 77.4 cm³/mol. The Hall–Kier alpha value is -2.05. The summed E-state index contributed by atoms with van der Waals surface area (Å²) in [6.45, 7) is -0.449. The van der Waals surface area contributed by atoms with Gasteiger partial charge in [0.1, 0.15) is 5.75 Å². The van der Waals surface area contributed by atoms with Gasteiger partial charge in [-0.1, -0.05) is 0 Å². The van der Waals surface area contributed by atoms with Crippen molar-refractivity contribution in [3.8, 4) is 0 Å². The monoisotopic (exact) mass is 335 g/mol. The van der Waals surface area contributed by atoms with E-state index in [1.807, 2.05) is 0 Å². The number of nitrogens with two attached hydrogens (primary N) is 1. The standard InChI is InChI=1S/C10H17N5O6S/c1-13-8(18)14(2)10(20)15(9(13)19)3-6(16)4-22(21)5-7(17)12-11/h6,16H,3-5,11H2,1-2H3,(H,12,17). The highest BCUT2D eigenvalue weighted by atomic mass is 32.2. The lowest BCUT2D eigenvalue weighted by Gasteiger charge is -2.13. The van der Waals surface area contributed by atoms with Crippen LogP contribution >= 0.6 is 0 Å². The van der Waals surface area contributed by atoms with Gasteiger partial charge in [-0.25, -0.2) is 33.9 Å². The van der Waals surface area contributed by atoms with Gasteiger partial charge >= 0.3 is 17.1 Å². The number of aliphatic hydroxyl groups is 1. The molecule has 2 atom stereocenters. The molecule has 0 bridgehead atoms. The highest BCUT2D eigenvalue weighted by molar-refractivity contribution is 7.85. The molecular formula is C10H17N5O6S. The number of aliphatic hydroxyl groups excluding tert-OH is 1. The average molecular weight is 335 g/mol. The number of hydrogen-bond acceptors (Lipinski definition) is 7. The first kappa shape index (κ1) is 18.0. The fraction of sp³-hybridized carbons (Fsp3) is 0.600. The van der Waals surface area contributed by atoms with Gasteiger partial charge in [0.25, 0.3) is 0 Å². The number of carbonyl (C=O) groups excluding carboxylic acids is 1. The molecule has 0 radical (unpaired) electrons. The zero-order chi connectivity index (χ0) is 17.0. The molecule has 0 aliphatic carbocycles. The van der Waals surface area contributed by atoms with Gasteiger partial charge in [0.05, 0.1) is 18.4 Å². The van der Waals surface area contributed by atoms with Crippen molar-refractivity contribution in [2.45, 2.75) is 12.6 Å².